The van der Waals surface area contributed by atoms with Crippen molar-refractivity contribution in [3.05, 3.63) is 24.3 Å². The minimum atomic E-state index is -0.837. The van der Waals surface area contributed by atoms with Crippen molar-refractivity contribution < 1.29 is 14.3 Å². The molecular weight excluding hydrogens is 340 g/mol. The maximum atomic E-state index is 12.3. The summed E-state index contributed by atoms with van der Waals surface area (Å²) < 4.78 is 11.5. The zero-order chi connectivity index (χ0) is 19.7. The maximum absolute atomic E-state index is 12.3. The van der Waals surface area contributed by atoms with Crippen LogP contribution in [0.4, 0.5) is 5.69 Å². The van der Waals surface area contributed by atoms with E-state index in [1.54, 1.807) is 13.8 Å². The van der Waals surface area contributed by atoms with Gasteiger partial charge in [0.15, 0.2) is 0 Å². The molecule has 1 saturated heterocycles. The first-order valence-corrected chi connectivity index (χ1v) is 10.3. The Morgan fingerprint density at radius 3 is 2.63 bits per heavy atom. The van der Waals surface area contributed by atoms with Crippen LogP contribution in [0.1, 0.15) is 59.8 Å². The highest BCUT2D eigenvalue weighted by atomic mass is 16.5. The molecule has 5 nitrogen and oxygen atoms in total. The second kappa shape index (κ2) is 10.7. The summed E-state index contributed by atoms with van der Waals surface area (Å²) in [6, 6.07) is 8.25. The molecule has 1 aromatic carbocycles. The lowest BCUT2D eigenvalue weighted by Crippen LogP contribution is -2.40. The smallest absolute Gasteiger partial charge is 0.256 e. The van der Waals surface area contributed by atoms with Crippen molar-refractivity contribution in [2.75, 3.05) is 31.6 Å². The van der Waals surface area contributed by atoms with Gasteiger partial charge in [0, 0.05) is 24.9 Å². The van der Waals surface area contributed by atoms with Crippen LogP contribution < -0.4 is 10.1 Å². The lowest BCUT2D eigenvalue weighted by Gasteiger charge is -2.33. The number of nitrogens with one attached hydrogen (secondary N) is 1. The summed E-state index contributed by atoms with van der Waals surface area (Å²) in [6.07, 6.45) is 5.91. The van der Waals surface area contributed by atoms with Gasteiger partial charge in [-0.25, -0.2) is 0 Å². The summed E-state index contributed by atoms with van der Waals surface area (Å²) in [5.41, 5.74) is -0.0841. The predicted octanol–water partition coefficient (Wildman–Crippen LogP) is 4.47. The number of rotatable bonds is 10. The molecule has 0 radical (unpaired) electrons. The van der Waals surface area contributed by atoms with Crippen molar-refractivity contribution in [1.29, 1.82) is 0 Å². The Bertz CT molecular complexity index is 571. The number of hydrogen-bond acceptors (Lipinski definition) is 4. The van der Waals surface area contributed by atoms with E-state index in [1.807, 2.05) is 31.2 Å². The number of nitrogens with zero attached hydrogens (tertiary/aromatic N) is 1. The fourth-order valence-corrected chi connectivity index (χ4v) is 3.29. The van der Waals surface area contributed by atoms with Crippen LogP contribution in [-0.4, -0.2) is 48.8 Å². The Morgan fingerprint density at radius 1 is 1.22 bits per heavy atom. The standard InChI is InChI=1S/C22H36N2O3/c1-5-16-27-22(3,4)21(25)23-19-10-12-20(13-11-19)26-17-8-15-24-14-7-6-9-18(24)2/h10-13,18H,5-9,14-17H2,1-4H3,(H,23,25). The second-order valence-electron chi connectivity index (χ2n) is 7.92. The molecule has 1 heterocycles. The van der Waals surface area contributed by atoms with Gasteiger partial charge < -0.3 is 19.7 Å². The zero-order valence-corrected chi connectivity index (χ0v) is 17.4. The number of piperidine rings is 1. The third kappa shape index (κ3) is 7.15. The van der Waals surface area contributed by atoms with E-state index in [0.717, 1.165) is 30.8 Å². The number of benzene rings is 1. The number of carbonyl (C=O) groups excluding carboxylic acids is 1. The molecule has 1 fully saturated rings. The third-order valence-corrected chi connectivity index (χ3v) is 5.13. The van der Waals surface area contributed by atoms with Gasteiger partial charge in [-0.2, -0.15) is 0 Å². The molecule has 0 saturated carbocycles. The molecule has 1 aliphatic rings. The number of carbonyl (C=O) groups is 1. The normalized spacial score (nSPS) is 18.3. The van der Waals surface area contributed by atoms with Crippen LogP contribution in [0.2, 0.25) is 0 Å². The number of anilines is 1. The van der Waals surface area contributed by atoms with E-state index in [9.17, 15) is 4.79 Å². The highest BCUT2D eigenvalue weighted by molar-refractivity contribution is 5.96. The molecule has 5 heteroatoms. The van der Waals surface area contributed by atoms with Gasteiger partial charge in [0.25, 0.3) is 5.91 Å². The Morgan fingerprint density at radius 2 is 1.96 bits per heavy atom. The summed E-state index contributed by atoms with van der Waals surface area (Å²) >= 11 is 0. The first-order chi connectivity index (χ1) is 12.9. The van der Waals surface area contributed by atoms with E-state index in [2.05, 4.69) is 17.1 Å². The van der Waals surface area contributed by atoms with Gasteiger partial charge in [-0.15, -0.1) is 0 Å². The number of hydrogen-bond donors (Lipinski definition) is 1. The van der Waals surface area contributed by atoms with Crippen molar-refractivity contribution >= 4 is 11.6 Å². The molecule has 0 spiro atoms. The van der Waals surface area contributed by atoms with Crippen molar-refractivity contribution in [2.24, 2.45) is 0 Å². The fraction of sp³-hybridized carbons (Fsp3) is 0.682. The number of amides is 1. The van der Waals surface area contributed by atoms with Gasteiger partial charge in [-0.3, -0.25) is 4.79 Å². The summed E-state index contributed by atoms with van der Waals surface area (Å²) in [7, 11) is 0. The molecule has 2 rings (SSSR count). The predicted molar refractivity (Wildman–Crippen MR) is 110 cm³/mol. The van der Waals surface area contributed by atoms with Crippen LogP contribution in [0, 0.1) is 0 Å². The molecule has 27 heavy (non-hydrogen) atoms. The van der Waals surface area contributed by atoms with Crippen molar-refractivity contribution in [2.45, 2.75) is 71.4 Å². The van der Waals surface area contributed by atoms with Crippen LogP contribution in [-0.2, 0) is 9.53 Å². The SMILES string of the molecule is CCCOC(C)(C)C(=O)Nc1ccc(OCCCN2CCCCC2C)cc1. The second-order valence-corrected chi connectivity index (χ2v) is 7.92. The van der Waals surface area contributed by atoms with E-state index in [-0.39, 0.29) is 5.91 Å². The van der Waals surface area contributed by atoms with Gasteiger partial charge in [0.2, 0.25) is 0 Å². The van der Waals surface area contributed by atoms with Gasteiger partial charge in [0.05, 0.1) is 6.61 Å². The Labute approximate surface area is 164 Å². The molecule has 0 bridgehead atoms. The lowest BCUT2D eigenvalue weighted by molar-refractivity contribution is -0.137. The van der Waals surface area contributed by atoms with Gasteiger partial charge in [-0.05, 0) is 77.3 Å². The topological polar surface area (TPSA) is 50.8 Å². The average molecular weight is 377 g/mol. The number of ether oxygens (including phenoxy) is 2. The highest BCUT2D eigenvalue weighted by Crippen LogP contribution is 2.19. The molecule has 0 aliphatic carbocycles. The van der Waals surface area contributed by atoms with E-state index in [4.69, 9.17) is 9.47 Å². The molecule has 0 aromatic heterocycles. The third-order valence-electron chi connectivity index (χ3n) is 5.13. The first-order valence-electron chi connectivity index (χ1n) is 10.3. The van der Waals surface area contributed by atoms with E-state index >= 15 is 0 Å². The highest BCUT2D eigenvalue weighted by Gasteiger charge is 2.28. The monoisotopic (exact) mass is 376 g/mol. The summed E-state index contributed by atoms with van der Waals surface area (Å²) in [5, 5.41) is 2.91. The molecule has 1 amide bonds. The molecule has 152 valence electrons. The van der Waals surface area contributed by atoms with Gasteiger partial charge >= 0.3 is 0 Å². The molecule has 1 unspecified atom stereocenters. The minimum Gasteiger partial charge on any atom is -0.494 e. The fourth-order valence-electron chi connectivity index (χ4n) is 3.29. The zero-order valence-electron chi connectivity index (χ0n) is 17.4. The van der Waals surface area contributed by atoms with Gasteiger partial charge in [0.1, 0.15) is 11.4 Å². The van der Waals surface area contributed by atoms with Crippen LogP contribution in [0.3, 0.4) is 0 Å². The maximum Gasteiger partial charge on any atom is 0.256 e. The van der Waals surface area contributed by atoms with Crippen LogP contribution in [0.15, 0.2) is 24.3 Å². The van der Waals surface area contributed by atoms with Gasteiger partial charge in [-0.1, -0.05) is 13.3 Å². The van der Waals surface area contributed by atoms with E-state index in [1.165, 1.54) is 25.8 Å². The molecule has 1 atom stereocenters. The number of likely N-dealkylation sites (tertiary alicyclic amines) is 1. The van der Waals surface area contributed by atoms with Crippen molar-refractivity contribution in [3.8, 4) is 5.75 Å². The Hall–Kier alpha value is -1.59. The largest absolute Gasteiger partial charge is 0.494 e. The Kier molecular flexibility index (Phi) is 8.58. The van der Waals surface area contributed by atoms with E-state index in [0.29, 0.717) is 19.3 Å². The summed E-state index contributed by atoms with van der Waals surface area (Å²) in [5.74, 6) is 0.696. The quantitative estimate of drug-likeness (QED) is 0.612. The van der Waals surface area contributed by atoms with Crippen molar-refractivity contribution in [3.63, 3.8) is 0 Å². The molecular formula is C22H36N2O3. The molecule has 1 N–H and O–H groups in total. The van der Waals surface area contributed by atoms with Crippen LogP contribution >= 0.6 is 0 Å². The lowest BCUT2D eigenvalue weighted by atomic mass is 10.0. The Balaban J connectivity index is 1.72. The average Bonchev–Trinajstić information content (AvgIpc) is 2.66. The molecule has 1 aromatic rings. The van der Waals surface area contributed by atoms with E-state index < -0.39 is 5.60 Å². The minimum absolute atomic E-state index is 0.139. The van der Waals surface area contributed by atoms with Crippen LogP contribution in [0.25, 0.3) is 0 Å². The summed E-state index contributed by atoms with van der Waals surface area (Å²) in [6.45, 7) is 11.5. The molecule has 1 aliphatic heterocycles. The first kappa shape index (κ1) is 21.7. The van der Waals surface area contributed by atoms with Crippen LogP contribution in [0.5, 0.6) is 5.75 Å². The van der Waals surface area contributed by atoms with Crippen molar-refractivity contribution in [1.82, 2.24) is 4.90 Å². The summed E-state index contributed by atoms with van der Waals surface area (Å²) in [4.78, 5) is 14.9.